The van der Waals surface area contributed by atoms with Crippen molar-refractivity contribution in [3.05, 3.63) is 17.7 Å². The minimum Gasteiger partial charge on any atom is -0.493 e. The number of alkyl halides is 3. The maximum absolute atomic E-state index is 13.8. The van der Waals surface area contributed by atoms with Gasteiger partial charge in [0.15, 0.2) is 16.6 Å². The van der Waals surface area contributed by atoms with Crippen LogP contribution in [0.4, 0.5) is 13.2 Å². The molecule has 0 spiro atoms. The number of carbonyl (C=O) groups excluding carboxylic acids is 1. The highest BCUT2D eigenvalue weighted by molar-refractivity contribution is 7.80. The number of hydrogen-bond donors (Lipinski definition) is 3. The average Bonchev–Trinajstić information content (AvgIpc) is 2.65. The van der Waals surface area contributed by atoms with E-state index in [2.05, 4.69) is 5.32 Å². The van der Waals surface area contributed by atoms with E-state index in [9.17, 15) is 23.1 Å². The minimum atomic E-state index is -5.24. The van der Waals surface area contributed by atoms with Crippen LogP contribution in [-0.4, -0.2) is 56.0 Å². The Morgan fingerprint density at radius 2 is 1.76 bits per heavy atom. The predicted molar refractivity (Wildman–Crippen MR) is 98.8 cm³/mol. The van der Waals surface area contributed by atoms with Gasteiger partial charge in [0.2, 0.25) is 5.75 Å². The van der Waals surface area contributed by atoms with E-state index in [1.54, 1.807) is 5.32 Å². The molecule has 162 valence electrons. The Morgan fingerprint density at radius 3 is 2.17 bits per heavy atom. The van der Waals surface area contributed by atoms with Gasteiger partial charge in [-0.05, 0) is 36.8 Å². The molecule has 0 saturated carbocycles. The second-order valence-corrected chi connectivity index (χ2v) is 6.44. The Hall–Kier alpha value is -2.47. The van der Waals surface area contributed by atoms with Crippen molar-refractivity contribution >= 4 is 23.3 Å². The number of benzene rings is 1. The summed E-state index contributed by atoms with van der Waals surface area (Å²) in [6.07, 6.45) is -5.24. The normalized spacial score (nSPS) is 24.2. The van der Waals surface area contributed by atoms with Crippen molar-refractivity contribution in [2.45, 2.75) is 24.9 Å². The van der Waals surface area contributed by atoms with Crippen LogP contribution in [0.2, 0.25) is 0 Å². The third-order valence-corrected chi connectivity index (χ3v) is 4.61. The molecular weight excluding hydrogens is 417 g/mol. The first-order valence-electron chi connectivity index (χ1n) is 8.38. The minimum absolute atomic E-state index is 0.129. The zero-order valence-electron chi connectivity index (χ0n) is 16.0. The Labute approximate surface area is 170 Å². The summed E-state index contributed by atoms with van der Waals surface area (Å²) >= 11 is 4.85. The van der Waals surface area contributed by atoms with E-state index in [0.717, 1.165) is 0 Å². The third kappa shape index (κ3) is 4.13. The molecule has 0 radical (unpaired) electrons. The van der Waals surface area contributed by atoms with Gasteiger partial charge in [0.25, 0.3) is 5.72 Å². The maximum Gasteiger partial charge on any atom is 0.437 e. The fraction of sp³-hybridized carbons (Fsp3) is 0.529. The van der Waals surface area contributed by atoms with Gasteiger partial charge in [-0.2, -0.15) is 13.2 Å². The zero-order valence-corrected chi connectivity index (χ0v) is 16.9. The molecule has 29 heavy (non-hydrogen) atoms. The van der Waals surface area contributed by atoms with E-state index >= 15 is 0 Å². The van der Waals surface area contributed by atoms with Gasteiger partial charge in [-0.25, -0.2) is 0 Å². The Kier molecular flexibility index (Phi) is 6.68. The van der Waals surface area contributed by atoms with Crippen LogP contribution in [-0.2, 0) is 9.53 Å². The number of esters is 1. The van der Waals surface area contributed by atoms with Crippen molar-refractivity contribution in [2.75, 3.05) is 27.9 Å². The van der Waals surface area contributed by atoms with Crippen molar-refractivity contribution in [3.63, 3.8) is 0 Å². The molecule has 1 heterocycles. The van der Waals surface area contributed by atoms with E-state index in [4.69, 9.17) is 31.2 Å². The summed E-state index contributed by atoms with van der Waals surface area (Å²) in [5, 5.41) is 14.3. The molecule has 1 aliphatic heterocycles. The van der Waals surface area contributed by atoms with Crippen molar-refractivity contribution < 1.29 is 42.0 Å². The van der Waals surface area contributed by atoms with E-state index in [1.165, 1.54) is 40.4 Å². The number of carbonyl (C=O) groups is 1. The van der Waals surface area contributed by atoms with Crippen LogP contribution < -0.4 is 24.8 Å². The summed E-state index contributed by atoms with van der Waals surface area (Å²) < 4.78 is 61.8. The molecule has 0 aliphatic carbocycles. The highest BCUT2D eigenvalue weighted by Crippen LogP contribution is 2.46. The summed E-state index contributed by atoms with van der Waals surface area (Å²) in [5.41, 5.74) is -3.53. The van der Waals surface area contributed by atoms with Gasteiger partial charge in [-0.1, -0.05) is 0 Å². The number of nitrogens with one attached hydrogen (secondary N) is 2. The van der Waals surface area contributed by atoms with Gasteiger partial charge in [-0.3, -0.25) is 4.79 Å². The topological polar surface area (TPSA) is 98.3 Å². The highest BCUT2D eigenvalue weighted by atomic mass is 32.1. The van der Waals surface area contributed by atoms with Crippen LogP contribution in [0.1, 0.15) is 18.5 Å². The van der Waals surface area contributed by atoms with Crippen molar-refractivity contribution in [1.29, 1.82) is 0 Å². The highest BCUT2D eigenvalue weighted by Gasteiger charge is 2.66. The van der Waals surface area contributed by atoms with E-state index in [0.29, 0.717) is 0 Å². The van der Waals surface area contributed by atoms with Gasteiger partial charge < -0.3 is 34.7 Å². The van der Waals surface area contributed by atoms with Crippen LogP contribution in [0.3, 0.4) is 0 Å². The fourth-order valence-corrected chi connectivity index (χ4v) is 3.38. The molecule has 2 rings (SSSR count). The molecule has 3 N–H and O–H groups in total. The number of methoxy groups -OCH3 is 3. The first-order chi connectivity index (χ1) is 13.5. The predicted octanol–water partition coefficient (Wildman–Crippen LogP) is 1.66. The molecule has 12 heteroatoms. The molecule has 1 aliphatic rings. The lowest BCUT2D eigenvalue weighted by Crippen LogP contribution is -2.73. The Bertz CT molecular complexity index is 766. The standard InChI is InChI=1S/C17H21F3N2O6S/c1-5-28-14(23)11-12(21-15(29)22-16(11,24)17(18,19)20)8-6-9(25-2)13(27-4)10(7-8)26-3/h6-7,11-12,24H,5H2,1-4H3,(H2,21,22,29)/t11-,12+,16-/m1/s1. The summed E-state index contributed by atoms with van der Waals surface area (Å²) in [4.78, 5) is 12.5. The second kappa shape index (κ2) is 8.49. The van der Waals surface area contributed by atoms with Gasteiger partial charge in [0.05, 0.1) is 34.0 Å². The van der Waals surface area contributed by atoms with Crippen LogP contribution in [0.15, 0.2) is 12.1 Å². The molecular formula is C17H21F3N2O6S. The summed E-state index contributed by atoms with van der Waals surface area (Å²) in [7, 11) is 4.02. The van der Waals surface area contributed by atoms with Crippen molar-refractivity contribution in [1.82, 2.24) is 10.6 Å². The summed E-state index contributed by atoms with van der Waals surface area (Å²) in [6.45, 7) is 1.25. The van der Waals surface area contributed by atoms with Crippen molar-refractivity contribution in [3.8, 4) is 17.2 Å². The number of aliphatic hydroxyl groups is 1. The number of ether oxygens (including phenoxy) is 4. The number of thiocarbonyl (C=S) groups is 1. The van der Waals surface area contributed by atoms with E-state index in [-0.39, 0.29) is 29.4 Å². The Balaban J connectivity index is 2.70. The molecule has 8 nitrogen and oxygen atoms in total. The number of rotatable bonds is 6. The monoisotopic (exact) mass is 438 g/mol. The molecule has 0 unspecified atom stereocenters. The summed E-state index contributed by atoms with van der Waals surface area (Å²) in [5.74, 6) is -2.91. The van der Waals surface area contributed by atoms with E-state index in [1.807, 2.05) is 0 Å². The largest absolute Gasteiger partial charge is 0.493 e. The SMILES string of the molecule is CCOC(=O)[C@H]1[C@H](c2cc(OC)c(OC)c(OC)c2)NC(=S)N[C@]1(O)C(F)(F)F. The molecule has 1 aromatic rings. The smallest absolute Gasteiger partial charge is 0.437 e. The lowest BCUT2D eigenvalue weighted by atomic mass is 9.82. The molecule has 0 amide bonds. The lowest BCUT2D eigenvalue weighted by molar-refractivity contribution is -0.292. The molecule has 1 fully saturated rings. The second-order valence-electron chi connectivity index (χ2n) is 6.03. The number of halogens is 3. The Morgan fingerprint density at radius 1 is 1.21 bits per heavy atom. The first kappa shape index (κ1) is 22.8. The first-order valence-corrected chi connectivity index (χ1v) is 8.79. The quantitative estimate of drug-likeness (QED) is 0.453. The summed E-state index contributed by atoms with van der Waals surface area (Å²) in [6, 6.07) is 1.30. The van der Waals surface area contributed by atoms with Crippen LogP contribution in [0.25, 0.3) is 0 Å². The van der Waals surface area contributed by atoms with Gasteiger partial charge in [-0.15, -0.1) is 0 Å². The van der Waals surface area contributed by atoms with Crippen molar-refractivity contribution in [2.24, 2.45) is 5.92 Å². The molecule has 3 atom stereocenters. The molecule has 1 aromatic carbocycles. The average molecular weight is 438 g/mol. The van der Waals surface area contributed by atoms with Gasteiger partial charge in [0.1, 0.15) is 5.92 Å². The lowest BCUT2D eigenvalue weighted by Gasteiger charge is -2.45. The van der Waals surface area contributed by atoms with Crippen LogP contribution in [0.5, 0.6) is 17.2 Å². The zero-order chi connectivity index (χ0) is 22.0. The van der Waals surface area contributed by atoms with E-state index < -0.39 is 34.9 Å². The molecule has 0 aromatic heterocycles. The molecule has 1 saturated heterocycles. The number of hydrogen-bond acceptors (Lipinski definition) is 7. The van der Waals surface area contributed by atoms with Gasteiger partial charge >= 0.3 is 12.1 Å². The molecule has 0 bridgehead atoms. The maximum atomic E-state index is 13.8. The van der Waals surface area contributed by atoms with Gasteiger partial charge in [0, 0.05) is 0 Å². The third-order valence-electron chi connectivity index (χ3n) is 4.39. The van der Waals surface area contributed by atoms with Crippen LogP contribution >= 0.6 is 12.2 Å². The fourth-order valence-electron chi connectivity index (χ4n) is 3.10. The van der Waals surface area contributed by atoms with Crippen LogP contribution in [0, 0.1) is 5.92 Å².